The third kappa shape index (κ3) is 2.66. The fraction of sp³-hybridized carbons (Fsp3) is 0.833. The molecule has 0 radical (unpaired) electrons. The highest BCUT2D eigenvalue weighted by Crippen LogP contribution is 2.37. The first-order valence-corrected chi connectivity index (χ1v) is 5.15. The van der Waals surface area contributed by atoms with Crippen LogP contribution in [0.2, 0.25) is 0 Å². The van der Waals surface area contributed by atoms with E-state index in [9.17, 15) is 0 Å². The predicted octanol–water partition coefficient (Wildman–Crippen LogP) is 4.42. The standard InChI is InChI=1S/C12H24/c1-7-9-11(4)12(5,6)10(3)8-2/h11H,3,7-9H2,1-2,4-6H3. The summed E-state index contributed by atoms with van der Waals surface area (Å²) in [5.41, 5.74) is 1.72. The highest BCUT2D eigenvalue weighted by Gasteiger charge is 2.26. The van der Waals surface area contributed by atoms with Gasteiger partial charge in [-0.05, 0) is 17.8 Å². The lowest BCUT2D eigenvalue weighted by molar-refractivity contribution is 0.263. The molecule has 0 saturated heterocycles. The summed E-state index contributed by atoms with van der Waals surface area (Å²) in [6.07, 6.45) is 3.70. The summed E-state index contributed by atoms with van der Waals surface area (Å²) in [6, 6.07) is 0. The van der Waals surface area contributed by atoms with Crippen LogP contribution in [-0.4, -0.2) is 0 Å². The van der Waals surface area contributed by atoms with Gasteiger partial charge in [0, 0.05) is 0 Å². The Morgan fingerprint density at radius 1 is 1.33 bits per heavy atom. The van der Waals surface area contributed by atoms with Crippen LogP contribution in [0.4, 0.5) is 0 Å². The van der Waals surface area contributed by atoms with Gasteiger partial charge in [-0.25, -0.2) is 0 Å². The van der Waals surface area contributed by atoms with E-state index < -0.39 is 0 Å². The maximum Gasteiger partial charge on any atom is -0.0122 e. The minimum Gasteiger partial charge on any atom is -0.0993 e. The van der Waals surface area contributed by atoms with Gasteiger partial charge in [0.05, 0.1) is 0 Å². The van der Waals surface area contributed by atoms with Crippen LogP contribution in [0.15, 0.2) is 12.2 Å². The van der Waals surface area contributed by atoms with Gasteiger partial charge in [0.25, 0.3) is 0 Å². The van der Waals surface area contributed by atoms with Crippen LogP contribution < -0.4 is 0 Å². The minimum absolute atomic E-state index is 0.324. The molecule has 0 aromatic carbocycles. The van der Waals surface area contributed by atoms with Crippen molar-refractivity contribution in [3.8, 4) is 0 Å². The third-order valence-corrected chi connectivity index (χ3v) is 3.29. The first-order chi connectivity index (χ1) is 5.46. The molecule has 0 fully saturated rings. The van der Waals surface area contributed by atoms with E-state index in [1.807, 2.05) is 0 Å². The molecule has 0 aromatic rings. The second-order valence-corrected chi connectivity index (χ2v) is 4.37. The monoisotopic (exact) mass is 168 g/mol. The normalized spacial score (nSPS) is 14.4. The van der Waals surface area contributed by atoms with Crippen molar-refractivity contribution in [1.82, 2.24) is 0 Å². The van der Waals surface area contributed by atoms with Gasteiger partial charge in [0.1, 0.15) is 0 Å². The Hall–Kier alpha value is -0.260. The highest BCUT2D eigenvalue weighted by atomic mass is 14.3. The third-order valence-electron chi connectivity index (χ3n) is 3.29. The van der Waals surface area contributed by atoms with Crippen LogP contribution >= 0.6 is 0 Å². The van der Waals surface area contributed by atoms with Gasteiger partial charge < -0.3 is 0 Å². The van der Waals surface area contributed by atoms with Crippen molar-refractivity contribution in [2.45, 2.75) is 53.9 Å². The van der Waals surface area contributed by atoms with Gasteiger partial charge in [-0.15, -0.1) is 0 Å². The molecule has 1 atom stereocenters. The van der Waals surface area contributed by atoms with Crippen LogP contribution in [0, 0.1) is 11.3 Å². The summed E-state index contributed by atoms with van der Waals surface area (Å²) in [6.45, 7) is 15.6. The topological polar surface area (TPSA) is 0 Å². The molecule has 0 N–H and O–H groups in total. The number of rotatable bonds is 5. The van der Waals surface area contributed by atoms with Crippen molar-refractivity contribution in [1.29, 1.82) is 0 Å². The lowest BCUT2D eigenvalue weighted by Gasteiger charge is -2.33. The van der Waals surface area contributed by atoms with Gasteiger partial charge in [-0.3, -0.25) is 0 Å². The Balaban J connectivity index is 4.26. The largest absolute Gasteiger partial charge is 0.0993 e. The fourth-order valence-electron chi connectivity index (χ4n) is 1.60. The summed E-state index contributed by atoms with van der Waals surface area (Å²) in [7, 11) is 0. The second-order valence-electron chi connectivity index (χ2n) is 4.37. The van der Waals surface area contributed by atoms with Gasteiger partial charge in [0.2, 0.25) is 0 Å². The van der Waals surface area contributed by atoms with E-state index in [4.69, 9.17) is 0 Å². The quantitative estimate of drug-likeness (QED) is 0.533. The van der Waals surface area contributed by atoms with Gasteiger partial charge in [-0.2, -0.15) is 0 Å². The van der Waals surface area contributed by atoms with E-state index >= 15 is 0 Å². The molecule has 0 heterocycles. The molecule has 0 saturated carbocycles. The Morgan fingerprint density at radius 3 is 2.17 bits per heavy atom. The van der Waals surface area contributed by atoms with Crippen LogP contribution in [-0.2, 0) is 0 Å². The lowest BCUT2D eigenvalue weighted by atomic mass is 9.72. The first kappa shape index (κ1) is 11.7. The van der Waals surface area contributed by atoms with Crippen molar-refractivity contribution in [3.05, 3.63) is 12.2 Å². The van der Waals surface area contributed by atoms with E-state index in [1.165, 1.54) is 18.4 Å². The summed E-state index contributed by atoms with van der Waals surface area (Å²) >= 11 is 0. The van der Waals surface area contributed by atoms with E-state index in [1.54, 1.807) is 0 Å². The summed E-state index contributed by atoms with van der Waals surface area (Å²) < 4.78 is 0. The second kappa shape index (κ2) is 4.69. The molecule has 0 aliphatic rings. The Labute approximate surface area is 78.1 Å². The van der Waals surface area contributed by atoms with E-state index in [2.05, 4.69) is 41.2 Å². The molecule has 0 aliphatic heterocycles. The van der Waals surface area contributed by atoms with Crippen LogP contribution in [0.3, 0.4) is 0 Å². The van der Waals surface area contributed by atoms with Crippen molar-refractivity contribution in [2.75, 3.05) is 0 Å². The number of hydrogen-bond donors (Lipinski definition) is 0. The molecule has 0 spiro atoms. The molecular formula is C12H24. The predicted molar refractivity (Wildman–Crippen MR) is 57.3 cm³/mol. The molecule has 1 unspecified atom stereocenters. The Kier molecular flexibility index (Phi) is 4.59. The zero-order valence-corrected chi connectivity index (χ0v) is 9.41. The molecular weight excluding hydrogens is 144 g/mol. The van der Waals surface area contributed by atoms with Crippen molar-refractivity contribution >= 4 is 0 Å². The number of hydrogen-bond acceptors (Lipinski definition) is 0. The smallest absolute Gasteiger partial charge is 0.0122 e. The zero-order chi connectivity index (χ0) is 9.78. The maximum absolute atomic E-state index is 4.15. The molecule has 0 aliphatic carbocycles. The SMILES string of the molecule is C=C(CC)C(C)(C)C(C)CCC. The average Bonchev–Trinajstić information content (AvgIpc) is 2.03. The fourth-order valence-corrected chi connectivity index (χ4v) is 1.60. The van der Waals surface area contributed by atoms with Gasteiger partial charge in [-0.1, -0.05) is 59.6 Å². The highest BCUT2D eigenvalue weighted by molar-refractivity contribution is 5.07. The first-order valence-electron chi connectivity index (χ1n) is 5.15. The minimum atomic E-state index is 0.324. The lowest BCUT2D eigenvalue weighted by Crippen LogP contribution is -2.23. The van der Waals surface area contributed by atoms with Crippen molar-refractivity contribution < 1.29 is 0 Å². The molecule has 0 aromatic heterocycles. The van der Waals surface area contributed by atoms with Crippen molar-refractivity contribution in [3.63, 3.8) is 0 Å². The van der Waals surface area contributed by atoms with Crippen LogP contribution in [0.1, 0.15) is 53.9 Å². The van der Waals surface area contributed by atoms with E-state index in [0.29, 0.717) is 5.41 Å². The average molecular weight is 168 g/mol. The molecule has 0 bridgehead atoms. The van der Waals surface area contributed by atoms with Crippen LogP contribution in [0.25, 0.3) is 0 Å². The van der Waals surface area contributed by atoms with Gasteiger partial charge >= 0.3 is 0 Å². The Morgan fingerprint density at radius 2 is 1.83 bits per heavy atom. The Bertz CT molecular complexity index is 142. The maximum atomic E-state index is 4.15. The van der Waals surface area contributed by atoms with E-state index in [-0.39, 0.29) is 0 Å². The van der Waals surface area contributed by atoms with Crippen LogP contribution in [0.5, 0.6) is 0 Å². The number of allylic oxidation sites excluding steroid dienone is 1. The molecule has 72 valence electrons. The van der Waals surface area contributed by atoms with Crippen molar-refractivity contribution in [2.24, 2.45) is 11.3 Å². The molecule has 12 heavy (non-hydrogen) atoms. The summed E-state index contributed by atoms with van der Waals surface area (Å²) in [5.74, 6) is 0.759. The molecule has 0 heteroatoms. The molecule has 0 amide bonds. The molecule has 0 rings (SSSR count). The molecule has 0 nitrogen and oxygen atoms in total. The zero-order valence-electron chi connectivity index (χ0n) is 9.41. The summed E-state index contributed by atoms with van der Waals surface area (Å²) in [4.78, 5) is 0. The summed E-state index contributed by atoms with van der Waals surface area (Å²) in [5, 5.41) is 0. The van der Waals surface area contributed by atoms with E-state index in [0.717, 1.165) is 12.3 Å². The van der Waals surface area contributed by atoms with Gasteiger partial charge in [0.15, 0.2) is 0 Å².